The largest absolute Gasteiger partial charge is 0.321 e. The molecule has 0 bridgehead atoms. The molecule has 34 heavy (non-hydrogen) atoms. The third-order valence-corrected chi connectivity index (χ3v) is 5.53. The lowest BCUT2D eigenvalue weighted by molar-refractivity contribution is -0.384. The smallest absolute Gasteiger partial charge is 0.270 e. The van der Waals surface area contributed by atoms with Crippen LogP contribution in [-0.2, 0) is 11.2 Å². The van der Waals surface area contributed by atoms with Crippen LogP contribution in [0.4, 0.5) is 11.4 Å². The fourth-order valence-corrected chi connectivity index (χ4v) is 3.62. The van der Waals surface area contributed by atoms with Crippen molar-refractivity contribution in [2.45, 2.75) is 26.2 Å². The van der Waals surface area contributed by atoms with Crippen molar-refractivity contribution in [3.8, 4) is 5.69 Å². The number of anilines is 1. The number of hydrogen-bond acceptors (Lipinski definition) is 5. The fourth-order valence-electron chi connectivity index (χ4n) is 3.41. The van der Waals surface area contributed by atoms with E-state index in [0.29, 0.717) is 27.3 Å². The molecule has 0 aliphatic rings. The van der Waals surface area contributed by atoms with Gasteiger partial charge in [-0.3, -0.25) is 14.9 Å². The molecule has 0 fully saturated rings. The van der Waals surface area contributed by atoms with E-state index >= 15 is 0 Å². The van der Waals surface area contributed by atoms with Crippen molar-refractivity contribution >= 4 is 46.0 Å². The molecule has 0 aliphatic carbocycles. The molecule has 0 aliphatic heterocycles. The van der Waals surface area contributed by atoms with Crippen LogP contribution in [0.3, 0.4) is 0 Å². The average molecular weight is 476 g/mol. The molecule has 172 valence electrons. The van der Waals surface area contributed by atoms with Crippen molar-refractivity contribution in [3.63, 3.8) is 0 Å². The number of nitro groups is 1. The third-order valence-electron chi connectivity index (χ3n) is 5.22. The van der Waals surface area contributed by atoms with E-state index in [4.69, 9.17) is 11.6 Å². The number of halogens is 1. The van der Waals surface area contributed by atoms with E-state index in [0.717, 1.165) is 24.9 Å². The average Bonchev–Trinajstić information content (AvgIpc) is 3.24. The number of carbonyl (C=O) groups excluding carboxylic acids is 1. The highest BCUT2D eigenvalue weighted by atomic mass is 35.5. The first-order valence-corrected chi connectivity index (χ1v) is 11.2. The lowest BCUT2D eigenvalue weighted by Gasteiger charge is -2.04. The molecule has 0 spiro atoms. The van der Waals surface area contributed by atoms with Gasteiger partial charge in [-0.15, -0.1) is 10.2 Å². The van der Waals surface area contributed by atoms with E-state index in [9.17, 15) is 14.9 Å². The van der Waals surface area contributed by atoms with Crippen LogP contribution in [0, 0.1) is 10.1 Å². The molecule has 3 aromatic carbocycles. The van der Waals surface area contributed by atoms with Crippen molar-refractivity contribution in [2.24, 2.45) is 0 Å². The summed E-state index contributed by atoms with van der Waals surface area (Å²) in [5.41, 5.74) is 4.17. The Bertz CT molecular complexity index is 1380. The highest BCUT2D eigenvalue weighted by Gasteiger charge is 2.11. The molecule has 0 unspecified atom stereocenters. The highest BCUT2D eigenvalue weighted by Crippen LogP contribution is 2.27. The van der Waals surface area contributed by atoms with E-state index < -0.39 is 10.8 Å². The van der Waals surface area contributed by atoms with Crippen molar-refractivity contribution in [2.75, 3.05) is 5.32 Å². The Hall–Kier alpha value is -4.04. The summed E-state index contributed by atoms with van der Waals surface area (Å²) in [5, 5.41) is 23.0. The SMILES string of the molecule is CCCCc1ccc(-n2nc3cc(Cl)c(NC(=O)C=Cc4cccc([N+](=O)[O-])c4)cc3n2)cc1. The Kier molecular flexibility index (Phi) is 6.98. The van der Waals surface area contributed by atoms with Crippen LogP contribution >= 0.6 is 11.6 Å². The van der Waals surface area contributed by atoms with Crippen molar-refractivity contribution in [3.05, 3.63) is 93.0 Å². The van der Waals surface area contributed by atoms with Gasteiger partial charge in [0.1, 0.15) is 11.0 Å². The van der Waals surface area contributed by atoms with E-state index in [1.807, 2.05) is 12.1 Å². The van der Waals surface area contributed by atoms with Gasteiger partial charge in [0.25, 0.3) is 5.69 Å². The summed E-state index contributed by atoms with van der Waals surface area (Å²) < 4.78 is 0. The van der Waals surface area contributed by atoms with E-state index in [-0.39, 0.29) is 5.69 Å². The van der Waals surface area contributed by atoms with Gasteiger partial charge in [0.2, 0.25) is 5.91 Å². The summed E-state index contributed by atoms with van der Waals surface area (Å²) in [6, 6.07) is 17.4. The van der Waals surface area contributed by atoms with E-state index in [1.165, 1.54) is 29.8 Å². The fraction of sp³-hybridized carbons (Fsp3) is 0.160. The van der Waals surface area contributed by atoms with Gasteiger partial charge in [-0.05, 0) is 54.3 Å². The van der Waals surface area contributed by atoms with Gasteiger partial charge in [-0.2, -0.15) is 4.80 Å². The number of carbonyl (C=O) groups is 1. The van der Waals surface area contributed by atoms with Gasteiger partial charge in [0.15, 0.2) is 0 Å². The van der Waals surface area contributed by atoms with Gasteiger partial charge in [0.05, 0.1) is 21.3 Å². The quantitative estimate of drug-likeness (QED) is 0.192. The molecule has 4 aromatic rings. The minimum absolute atomic E-state index is 0.0465. The zero-order valence-corrected chi connectivity index (χ0v) is 19.2. The maximum Gasteiger partial charge on any atom is 0.270 e. The molecule has 4 rings (SSSR count). The Morgan fingerprint density at radius 1 is 1.12 bits per heavy atom. The standard InChI is InChI=1S/C25H22ClN5O3/c1-2-3-5-17-8-11-19(12-9-17)30-28-23-15-21(26)22(16-24(23)29-30)27-25(32)13-10-18-6-4-7-20(14-18)31(33)34/h4,6-16H,2-3,5H2,1H3,(H,27,32). The van der Waals surface area contributed by atoms with Gasteiger partial charge in [0, 0.05) is 18.2 Å². The van der Waals surface area contributed by atoms with E-state index in [1.54, 1.807) is 29.1 Å². The summed E-state index contributed by atoms with van der Waals surface area (Å²) in [4.78, 5) is 24.3. The topological polar surface area (TPSA) is 103 Å². The normalized spacial score (nSPS) is 11.2. The Balaban J connectivity index is 1.50. The lowest BCUT2D eigenvalue weighted by Crippen LogP contribution is -2.08. The molecular formula is C25H22ClN5O3. The molecule has 9 heteroatoms. The summed E-state index contributed by atoms with van der Waals surface area (Å²) in [5.74, 6) is -0.428. The number of nitrogens with one attached hydrogen (secondary N) is 1. The Morgan fingerprint density at radius 2 is 1.85 bits per heavy atom. The molecular weight excluding hydrogens is 454 g/mol. The molecule has 1 amide bonds. The number of aryl methyl sites for hydroxylation is 1. The summed E-state index contributed by atoms with van der Waals surface area (Å²) in [6.07, 6.45) is 6.13. The Labute approximate surface area is 201 Å². The summed E-state index contributed by atoms with van der Waals surface area (Å²) in [7, 11) is 0. The second-order valence-electron chi connectivity index (χ2n) is 7.75. The first-order valence-electron chi connectivity index (χ1n) is 10.8. The van der Waals surface area contributed by atoms with Crippen LogP contribution in [0.1, 0.15) is 30.9 Å². The summed E-state index contributed by atoms with van der Waals surface area (Å²) >= 11 is 6.35. The highest BCUT2D eigenvalue weighted by molar-refractivity contribution is 6.34. The number of nitro benzene ring substituents is 1. The van der Waals surface area contributed by atoms with Crippen LogP contribution in [0.5, 0.6) is 0 Å². The maximum absolute atomic E-state index is 12.4. The van der Waals surface area contributed by atoms with Gasteiger partial charge in [-0.25, -0.2) is 0 Å². The zero-order valence-electron chi connectivity index (χ0n) is 18.4. The van der Waals surface area contributed by atoms with Crippen molar-refractivity contribution in [1.82, 2.24) is 15.0 Å². The van der Waals surface area contributed by atoms with Gasteiger partial charge < -0.3 is 5.32 Å². The van der Waals surface area contributed by atoms with E-state index in [2.05, 4.69) is 34.6 Å². The zero-order chi connectivity index (χ0) is 24.1. The predicted molar refractivity (Wildman–Crippen MR) is 133 cm³/mol. The van der Waals surface area contributed by atoms with Crippen LogP contribution < -0.4 is 5.32 Å². The number of rotatable bonds is 8. The molecule has 8 nitrogen and oxygen atoms in total. The molecule has 1 heterocycles. The molecule has 0 saturated heterocycles. The number of non-ortho nitro benzene ring substituents is 1. The van der Waals surface area contributed by atoms with Crippen molar-refractivity contribution in [1.29, 1.82) is 0 Å². The number of benzene rings is 3. The maximum atomic E-state index is 12.4. The minimum Gasteiger partial charge on any atom is -0.321 e. The molecule has 1 N–H and O–H groups in total. The van der Waals surface area contributed by atoms with Crippen LogP contribution in [-0.4, -0.2) is 25.8 Å². The number of fused-ring (bicyclic) bond motifs is 1. The second kappa shape index (κ2) is 10.3. The predicted octanol–water partition coefficient (Wildman–Crippen LogP) is 5.98. The molecule has 0 saturated carbocycles. The first-order chi connectivity index (χ1) is 16.4. The van der Waals surface area contributed by atoms with Gasteiger partial charge in [-0.1, -0.05) is 49.2 Å². The Morgan fingerprint density at radius 3 is 2.56 bits per heavy atom. The van der Waals surface area contributed by atoms with Crippen molar-refractivity contribution < 1.29 is 9.72 Å². The molecule has 1 aromatic heterocycles. The number of nitrogens with zero attached hydrogens (tertiary/aromatic N) is 4. The minimum atomic E-state index is -0.486. The second-order valence-corrected chi connectivity index (χ2v) is 8.16. The third kappa shape index (κ3) is 5.47. The molecule has 0 radical (unpaired) electrons. The van der Waals surface area contributed by atoms with Crippen LogP contribution in [0.25, 0.3) is 22.8 Å². The van der Waals surface area contributed by atoms with Crippen LogP contribution in [0.2, 0.25) is 5.02 Å². The first kappa shape index (κ1) is 23.1. The number of hydrogen-bond donors (Lipinski definition) is 1. The lowest BCUT2D eigenvalue weighted by atomic mass is 10.1. The molecule has 0 atom stereocenters. The number of amides is 1. The van der Waals surface area contributed by atoms with Crippen LogP contribution in [0.15, 0.2) is 66.7 Å². The number of aromatic nitrogens is 3. The number of unbranched alkanes of at least 4 members (excludes halogenated alkanes) is 1. The monoisotopic (exact) mass is 475 g/mol. The summed E-state index contributed by atoms with van der Waals surface area (Å²) in [6.45, 7) is 2.17. The van der Waals surface area contributed by atoms with Gasteiger partial charge >= 0.3 is 0 Å².